The molecule has 3 aromatic rings. The van der Waals surface area contributed by atoms with E-state index in [9.17, 15) is 13.2 Å². The fourth-order valence-corrected chi connectivity index (χ4v) is 4.98. The molecule has 0 fully saturated rings. The molecule has 9 heteroatoms. The lowest BCUT2D eigenvalue weighted by molar-refractivity contribution is 0.252. The highest BCUT2D eigenvalue weighted by Crippen LogP contribution is 2.29. The number of para-hydroxylation sites is 1. The van der Waals surface area contributed by atoms with Crippen LogP contribution in [0.1, 0.15) is 11.4 Å². The Balaban J connectivity index is 1.33. The molecule has 0 saturated heterocycles. The topological polar surface area (TPSA) is 104 Å². The van der Waals surface area contributed by atoms with Crippen LogP contribution in [-0.2, 0) is 16.4 Å². The monoisotopic (exact) mass is 437 g/mol. The molecule has 0 bridgehead atoms. The minimum atomic E-state index is -3.51. The molecule has 2 heterocycles. The van der Waals surface area contributed by atoms with E-state index >= 15 is 0 Å². The molecule has 0 spiro atoms. The Kier molecular flexibility index (Phi) is 5.85. The van der Waals surface area contributed by atoms with Crippen LogP contribution in [0.25, 0.3) is 11.3 Å². The number of sulfonamides is 1. The predicted molar refractivity (Wildman–Crippen MR) is 121 cm³/mol. The normalized spacial score (nSPS) is 13.0. The van der Waals surface area contributed by atoms with Gasteiger partial charge in [-0.2, -0.15) is 0 Å². The molecule has 8 nitrogen and oxygen atoms in total. The summed E-state index contributed by atoms with van der Waals surface area (Å²) in [4.78, 5) is 20.7. The van der Waals surface area contributed by atoms with Crippen LogP contribution >= 0.6 is 0 Å². The highest BCUT2D eigenvalue weighted by atomic mass is 32.2. The number of anilines is 2. The molecule has 2 aromatic carbocycles. The molecular formula is C22H23N5O3S. The van der Waals surface area contributed by atoms with Gasteiger partial charge in [0, 0.05) is 30.5 Å². The largest absolute Gasteiger partial charge is 0.337 e. The fraction of sp³-hybridized carbons (Fsp3) is 0.227. The van der Waals surface area contributed by atoms with Gasteiger partial charge in [0.2, 0.25) is 10.0 Å². The second-order valence-electron chi connectivity index (χ2n) is 7.22. The number of fused-ring (bicyclic) bond motifs is 1. The van der Waals surface area contributed by atoms with Crippen LogP contribution in [0.4, 0.5) is 16.2 Å². The number of benzene rings is 2. The predicted octanol–water partition coefficient (Wildman–Crippen LogP) is 2.97. The zero-order valence-electron chi connectivity index (χ0n) is 17.1. The molecular weight excluding hydrogens is 414 g/mol. The lowest BCUT2D eigenvalue weighted by Gasteiger charge is -2.19. The van der Waals surface area contributed by atoms with Crippen molar-refractivity contribution >= 4 is 27.4 Å². The smallest absolute Gasteiger partial charge is 0.319 e. The zero-order valence-corrected chi connectivity index (χ0v) is 17.9. The van der Waals surface area contributed by atoms with Gasteiger partial charge in [0.15, 0.2) is 0 Å². The van der Waals surface area contributed by atoms with Crippen molar-refractivity contribution in [2.24, 2.45) is 0 Å². The van der Waals surface area contributed by atoms with Gasteiger partial charge in [-0.05, 0) is 43.2 Å². The number of rotatable bonds is 6. The summed E-state index contributed by atoms with van der Waals surface area (Å²) in [6, 6.07) is 16.1. The summed E-state index contributed by atoms with van der Waals surface area (Å²) in [5.74, 6) is 0.491. The van der Waals surface area contributed by atoms with E-state index in [1.807, 2.05) is 43.3 Å². The van der Waals surface area contributed by atoms with Gasteiger partial charge in [-0.25, -0.2) is 23.2 Å². The van der Waals surface area contributed by atoms with Crippen molar-refractivity contribution in [2.75, 3.05) is 28.5 Å². The number of nitrogens with zero attached hydrogens (tertiary/aromatic N) is 3. The third-order valence-electron chi connectivity index (χ3n) is 5.02. The molecule has 1 aromatic heterocycles. The maximum atomic E-state index is 12.7. The van der Waals surface area contributed by atoms with Crippen LogP contribution in [0.3, 0.4) is 0 Å². The lowest BCUT2D eigenvalue weighted by atomic mass is 10.1. The Morgan fingerprint density at radius 1 is 1.13 bits per heavy atom. The van der Waals surface area contributed by atoms with Gasteiger partial charge in [0.25, 0.3) is 0 Å². The molecule has 31 heavy (non-hydrogen) atoms. The highest BCUT2D eigenvalue weighted by molar-refractivity contribution is 7.92. The molecule has 0 saturated carbocycles. The minimum absolute atomic E-state index is 0.0115. The van der Waals surface area contributed by atoms with Gasteiger partial charge in [-0.3, -0.25) is 4.31 Å². The van der Waals surface area contributed by atoms with E-state index in [0.29, 0.717) is 24.5 Å². The van der Waals surface area contributed by atoms with Crippen LogP contribution < -0.4 is 14.9 Å². The van der Waals surface area contributed by atoms with Crippen molar-refractivity contribution < 1.29 is 13.2 Å². The number of carbonyl (C=O) groups excluding carboxylic acids is 1. The van der Waals surface area contributed by atoms with Gasteiger partial charge < -0.3 is 10.6 Å². The van der Waals surface area contributed by atoms with E-state index in [4.69, 9.17) is 0 Å². The molecule has 0 atom stereocenters. The number of hydrogen-bond donors (Lipinski definition) is 2. The number of aromatic nitrogens is 2. The Morgan fingerprint density at radius 2 is 1.97 bits per heavy atom. The van der Waals surface area contributed by atoms with Crippen LogP contribution in [0.2, 0.25) is 0 Å². The molecule has 160 valence electrons. The van der Waals surface area contributed by atoms with Crippen molar-refractivity contribution in [1.29, 1.82) is 0 Å². The van der Waals surface area contributed by atoms with Crippen LogP contribution in [0.15, 0.2) is 60.8 Å². The van der Waals surface area contributed by atoms with Gasteiger partial charge in [-0.15, -0.1) is 0 Å². The first kappa shape index (κ1) is 20.8. The second kappa shape index (κ2) is 8.73. The first-order valence-corrected chi connectivity index (χ1v) is 11.6. The molecule has 0 unspecified atom stereocenters. The van der Waals surface area contributed by atoms with Gasteiger partial charge in [0.1, 0.15) is 5.82 Å². The molecule has 0 radical (unpaired) electrons. The molecule has 2 amide bonds. The summed E-state index contributed by atoms with van der Waals surface area (Å²) in [5.41, 5.74) is 3.94. The number of carbonyl (C=O) groups is 1. The van der Waals surface area contributed by atoms with E-state index in [0.717, 1.165) is 22.5 Å². The third-order valence-corrected chi connectivity index (χ3v) is 6.79. The maximum absolute atomic E-state index is 12.7. The van der Waals surface area contributed by atoms with E-state index in [1.54, 1.807) is 24.4 Å². The Morgan fingerprint density at radius 3 is 2.81 bits per heavy atom. The highest BCUT2D eigenvalue weighted by Gasteiger charge is 2.28. The first-order chi connectivity index (χ1) is 14.9. The van der Waals surface area contributed by atoms with Gasteiger partial charge >= 0.3 is 6.03 Å². The Labute approximate surface area is 181 Å². The third kappa shape index (κ3) is 4.83. The number of urea groups is 1. The van der Waals surface area contributed by atoms with Crippen LogP contribution in [0.5, 0.6) is 0 Å². The minimum Gasteiger partial charge on any atom is -0.337 e. The van der Waals surface area contributed by atoms with Gasteiger partial charge in [-0.1, -0.05) is 30.3 Å². The summed E-state index contributed by atoms with van der Waals surface area (Å²) >= 11 is 0. The number of amides is 2. The number of nitrogens with one attached hydrogen (secondary N) is 2. The SMILES string of the molecule is Cc1nccc(-c2cccc(NC(=O)NCCS(=O)(=O)N3CCc4ccccc43)c2)n1. The van der Waals surface area contributed by atoms with Crippen LogP contribution in [-0.4, -0.2) is 43.3 Å². The molecule has 4 rings (SSSR count). The summed E-state index contributed by atoms with van der Waals surface area (Å²) in [5, 5.41) is 5.36. The lowest BCUT2D eigenvalue weighted by Crippen LogP contribution is -2.38. The Bertz CT molecular complexity index is 1210. The van der Waals surface area contributed by atoms with Crippen molar-refractivity contribution in [3.8, 4) is 11.3 Å². The van der Waals surface area contributed by atoms with Crippen molar-refractivity contribution in [3.63, 3.8) is 0 Å². The number of aryl methyl sites for hydroxylation is 1. The molecule has 2 N–H and O–H groups in total. The maximum Gasteiger partial charge on any atom is 0.319 e. The van der Waals surface area contributed by atoms with E-state index in [2.05, 4.69) is 20.6 Å². The van der Waals surface area contributed by atoms with Crippen molar-refractivity contribution in [1.82, 2.24) is 15.3 Å². The standard InChI is InChI=1S/C22H23N5O3S/c1-16-23-11-9-20(25-16)18-6-4-7-19(15-18)26-22(28)24-12-14-31(29,30)27-13-10-17-5-2-3-8-21(17)27/h2-9,11,15H,10,12-14H2,1H3,(H2,24,26,28). The summed E-state index contributed by atoms with van der Waals surface area (Å²) in [6.45, 7) is 2.26. The van der Waals surface area contributed by atoms with Crippen molar-refractivity contribution in [3.05, 3.63) is 72.2 Å². The molecule has 1 aliphatic rings. The first-order valence-electron chi connectivity index (χ1n) is 9.96. The fourth-order valence-electron chi connectivity index (χ4n) is 3.55. The zero-order chi connectivity index (χ0) is 21.8. The molecule has 0 aliphatic carbocycles. The Hall–Kier alpha value is -3.46. The van der Waals surface area contributed by atoms with Gasteiger partial charge in [0.05, 0.1) is 17.1 Å². The average Bonchev–Trinajstić information content (AvgIpc) is 3.19. The number of hydrogen-bond acceptors (Lipinski definition) is 5. The summed E-state index contributed by atoms with van der Waals surface area (Å²) in [7, 11) is -3.51. The van der Waals surface area contributed by atoms with E-state index in [-0.39, 0.29) is 12.3 Å². The second-order valence-corrected chi connectivity index (χ2v) is 9.23. The average molecular weight is 438 g/mol. The molecule has 1 aliphatic heterocycles. The van der Waals surface area contributed by atoms with E-state index < -0.39 is 16.1 Å². The summed E-state index contributed by atoms with van der Waals surface area (Å²) in [6.07, 6.45) is 2.38. The van der Waals surface area contributed by atoms with E-state index in [1.165, 1.54) is 4.31 Å². The summed E-state index contributed by atoms with van der Waals surface area (Å²) < 4.78 is 26.8. The quantitative estimate of drug-likeness (QED) is 0.617. The van der Waals surface area contributed by atoms with Crippen molar-refractivity contribution in [2.45, 2.75) is 13.3 Å². The van der Waals surface area contributed by atoms with Crippen LogP contribution in [0, 0.1) is 6.92 Å².